The highest BCUT2D eigenvalue weighted by molar-refractivity contribution is 6.42. The van der Waals surface area contributed by atoms with Gasteiger partial charge in [0.05, 0.1) is 15.0 Å². The molecular weight excluding hydrogens is 419 g/mol. The van der Waals surface area contributed by atoms with Crippen molar-refractivity contribution >= 4 is 63.5 Å². The highest BCUT2D eigenvalue weighted by Crippen LogP contribution is 2.34. The zero-order valence-electron chi connectivity index (χ0n) is 14.9. The molecule has 0 saturated carbocycles. The van der Waals surface area contributed by atoms with Gasteiger partial charge >= 0.3 is 5.69 Å². The maximum atomic E-state index is 11.7. The first-order valence-electron chi connectivity index (χ1n) is 8.19. The van der Waals surface area contributed by atoms with Crippen LogP contribution in [0.4, 0.5) is 34.4 Å². The third-order valence-corrected chi connectivity index (χ3v) is 4.39. The number of hydrogen-bond acceptors (Lipinski definition) is 7. The number of aromatic nitrogens is 2. The SMILES string of the molecule is CC(=O)Nc1ccc(Nc2ncnc(Nc3ccc(Cl)c(Cl)c3)c2[N+](=O)[O-])cc1. The second-order valence-corrected chi connectivity index (χ2v) is 6.63. The van der Waals surface area contributed by atoms with Crippen molar-refractivity contribution in [3.05, 3.63) is 69.0 Å². The Morgan fingerprint density at radius 1 is 0.931 bits per heavy atom. The predicted octanol–water partition coefficient (Wildman–Crippen LogP) is 5.14. The molecule has 29 heavy (non-hydrogen) atoms. The van der Waals surface area contributed by atoms with Crippen LogP contribution >= 0.6 is 23.2 Å². The number of halogens is 2. The van der Waals surface area contributed by atoms with Crippen molar-refractivity contribution in [1.29, 1.82) is 0 Å². The zero-order valence-corrected chi connectivity index (χ0v) is 16.5. The number of benzene rings is 2. The second kappa shape index (κ2) is 8.72. The standard InChI is InChI=1S/C18H14Cl2N6O3/c1-10(27)23-11-2-4-12(5-3-11)24-17-16(26(28)29)18(22-9-21-17)25-13-6-7-14(19)15(20)8-13/h2-9H,1H3,(H,23,27)(H2,21,22,24,25). The van der Waals surface area contributed by atoms with Crippen LogP contribution in [0.3, 0.4) is 0 Å². The number of carbonyl (C=O) groups excluding carboxylic acids is 1. The number of nitrogens with zero attached hydrogens (tertiary/aromatic N) is 3. The monoisotopic (exact) mass is 432 g/mol. The topological polar surface area (TPSA) is 122 Å². The predicted molar refractivity (Wildman–Crippen MR) is 112 cm³/mol. The first kappa shape index (κ1) is 20.3. The van der Waals surface area contributed by atoms with Gasteiger partial charge in [0.15, 0.2) is 0 Å². The molecule has 0 fully saturated rings. The summed E-state index contributed by atoms with van der Waals surface area (Å²) in [7, 11) is 0. The van der Waals surface area contributed by atoms with Crippen LogP contribution in [0.1, 0.15) is 6.92 Å². The molecule has 0 radical (unpaired) electrons. The molecular formula is C18H14Cl2N6O3. The van der Waals surface area contributed by atoms with Crippen LogP contribution in [0, 0.1) is 10.1 Å². The number of carbonyl (C=O) groups is 1. The second-order valence-electron chi connectivity index (χ2n) is 5.81. The third kappa shape index (κ3) is 5.09. The average Bonchev–Trinajstić information content (AvgIpc) is 2.66. The molecule has 0 bridgehead atoms. The molecule has 2 aromatic carbocycles. The number of nitrogens with one attached hydrogen (secondary N) is 3. The van der Waals surface area contributed by atoms with Gasteiger partial charge in [-0.25, -0.2) is 9.97 Å². The molecule has 0 unspecified atom stereocenters. The van der Waals surface area contributed by atoms with Gasteiger partial charge in [0.25, 0.3) is 0 Å². The Morgan fingerprint density at radius 2 is 1.48 bits per heavy atom. The number of anilines is 5. The van der Waals surface area contributed by atoms with Gasteiger partial charge in [0.1, 0.15) is 6.33 Å². The van der Waals surface area contributed by atoms with Crippen molar-refractivity contribution in [3.8, 4) is 0 Å². The zero-order chi connectivity index (χ0) is 21.0. The first-order valence-corrected chi connectivity index (χ1v) is 8.95. The Balaban J connectivity index is 1.89. The van der Waals surface area contributed by atoms with Crippen molar-refractivity contribution in [3.63, 3.8) is 0 Å². The third-order valence-electron chi connectivity index (χ3n) is 3.66. The van der Waals surface area contributed by atoms with Crippen LogP contribution in [0.15, 0.2) is 48.8 Å². The maximum absolute atomic E-state index is 11.7. The molecule has 148 valence electrons. The minimum Gasteiger partial charge on any atom is -0.334 e. The van der Waals surface area contributed by atoms with E-state index in [4.69, 9.17) is 23.2 Å². The molecule has 0 aliphatic rings. The highest BCUT2D eigenvalue weighted by atomic mass is 35.5. The van der Waals surface area contributed by atoms with E-state index >= 15 is 0 Å². The van der Waals surface area contributed by atoms with Gasteiger partial charge in [-0.1, -0.05) is 23.2 Å². The molecule has 3 aromatic rings. The Hall–Kier alpha value is -3.43. The van der Waals surface area contributed by atoms with Gasteiger partial charge < -0.3 is 16.0 Å². The summed E-state index contributed by atoms with van der Waals surface area (Å²) < 4.78 is 0. The minimum absolute atomic E-state index is 0.000150. The van der Waals surface area contributed by atoms with Crippen molar-refractivity contribution in [1.82, 2.24) is 9.97 Å². The summed E-state index contributed by atoms with van der Waals surface area (Å²) >= 11 is 11.9. The fourth-order valence-corrected chi connectivity index (χ4v) is 2.72. The number of amides is 1. The van der Waals surface area contributed by atoms with Crippen LogP contribution in [-0.2, 0) is 4.79 Å². The van der Waals surface area contributed by atoms with Crippen LogP contribution in [0.5, 0.6) is 0 Å². The molecule has 0 spiro atoms. The lowest BCUT2D eigenvalue weighted by Crippen LogP contribution is -2.06. The summed E-state index contributed by atoms with van der Waals surface area (Å²) in [5.41, 5.74) is 1.28. The van der Waals surface area contributed by atoms with Gasteiger partial charge in [0.2, 0.25) is 17.5 Å². The lowest BCUT2D eigenvalue weighted by atomic mass is 10.2. The molecule has 1 aromatic heterocycles. The Labute approximate surface area is 175 Å². The molecule has 1 amide bonds. The van der Waals surface area contributed by atoms with Crippen molar-refractivity contribution in [2.45, 2.75) is 6.92 Å². The summed E-state index contributed by atoms with van der Waals surface area (Å²) in [6.45, 7) is 1.40. The normalized spacial score (nSPS) is 10.3. The van der Waals surface area contributed by atoms with Crippen molar-refractivity contribution in [2.24, 2.45) is 0 Å². The summed E-state index contributed by atoms with van der Waals surface area (Å²) in [6.07, 6.45) is 1.20. The van der Waals surface area contributed by atoms with Gasteiger partial charge in [-0.2, -0.15) is 0 Å². The van der Waals surface area contributed by atoms with E-state index < -0.39 is 4.92 Å². The fourth-order valence-electron chi connectivity index (χ4n) is 2.42. The lowest BCUT2D eigenvalue weighted by Gasteiger charge is -2.11. The molecule has 0 saturated heterocycles. The summed E-state index contributed by atoms with van der Waals surface area (Å²) in [6, 6.07) is 11.3. The van der Waals surface area contributed by atoms with Gasteiger partial charge in [-0.15, -0.1) is 0 Å². The number of rotatable bonds is 6. The molecule has 1 heterocycles. The molecule has 3 N–H and O–H groups in total. The van der Waals surface area contributed by atoms with Gasteiger partial charge in [-0.05, 0) is 42.5 Å². The number of nitro groups is 1. The largest absolute Gasteiger partial charge is 0.353 e. The van der Waals surface area contributed by atoms with Gasteiger partial charge in [0, 0.05) is 24.0 Å². The van der Waals surface area contributed by atoms with Crippen molar-refractivity contribution in [2.75, 3.05) is 16.0 Å². The van der Waals surface area contributed by atoms with Crippen LogP contribution in [0.25, 0.3) is 0 Å². The van der Waals surface area contributed by atoms with E-state index in [0.29, 0.717) is 27.1 Å². The van der Waals surface area contributed by atoms with Crippen molar-refractivity contribution < 1.29 is 9.72 Å². The fraction of sp³-hybridized carbons (Fsp3) is 0.0556. The molecule has 0 atom stereocenters. The van der Waals surface area contributed by atoms with E-state index in [9.17, 15) is 14.9 Å². The van der Waals surface area contributed by atoms with E-state index in [1.807, 2.05) is 0 Å². The minimum atomic E-state index is -0.589. The average molecular weight is 433 g/mol. The molecule has 0 aliphatic heterocycles. The molecule has 0 aliphatic carbocycles. The van der Waals surface area contributed by atoms with E-state index in [1.54, 1.807) is 36.4 Å². The Kier molecular flexibility index (Phi) is 6.10. The molecule has 3 rings (SSSR count). The Morgan fingerprint density at radius 3 is 2.03 bits per heavy atom. The summed E-state index contributed by atoms with van der Waals surface area (Å²) in [5, 5.41) is 20.7. The smallest absolute Gasteiger partial charge is 0.334 e. The van der Waals surface area contributed by atoms with E-state index in [0.717, 1.165) is 0 Å². The van der Waals surface area contributed by atoms with Gasteiger partial charge in [-0.3, -0.25) is 14.9 Å². The van der Waals surface area contributed by atoms with E-state index in [1.165, 1.54) is 19.3 Å². The molecule has 9 nitrogen and oxygen atoms in total. The van der Waals surface area contributed by atoms with Crippen LogP contribution in [0.2, 0.25) is 10.0 Å². The van der Waals surface area contributed by atoms with E-state index in [-0.39, 0.29) is 23.2 Å². The highest BCUT2D eigenvalue weighted by Gasteiger charge is 2.23. The quantitative estimate of drug-likeness (QED) is 0.364. The maximum Gasteiger partial charge on any atom is 0.353 e. The van der Waals surface area contributed by atoms with Crippen LogP contribution in [-0.4, -0.2) is 20.8 Å². The van der Waals surface area contributed by atoms with E-state index in [2.05, 4.69) is 25.9 Å². The van der Waals surface area contributed by atoms with Crippen LogP contribution < -0.4 is 16.0 Å². The summed E-state index contributed by atoms with van der Waals surface area (Å²) in [5.74, 6) is -0.212. The first-order chi connectivity index (χ1) is 13.8. The Bertz CT molecular complexity index is 1080. The summed E-state index contributed by atoms with van der Waals surface area (Å²) in [4.78, 5) is 30.1. The molecule has 11 heteroatoms. The lowest BCUT2D eigenvalue weighted by molar-refractivity contribution is -0.383. The number of hydrogen-bond donors (Lipinski definition) is 3.